The Morgan fingerprint density at radius 1 is 1.23 bits per heavy atom. The van der Waals surface area contributed by atoms with Crippen LogP contribution in [0.1, 0.15) is 43.2 Å². The summed E-state index contributed by atoms with van der Waals surface area (Å²) in [6.45, 7) is 3.23. The second-order valence-electron chi connectivity index (χ2n) is 9.50. The van der Waals surface area contributed by atoms with Gasteiger partial charge < -0.3 is 15.1 Å². The first kappa shape index (κ1) is 23.0. The molecule has 5 atom stereocenters. The van der Waals surface area contributed by atoms with Crippen LogP contribution < -0.4 is 0 Å². The van der Waals surface area contributed by atoms with Crippen LogP contribution >= 0.6 is 0 Å². The van der Waals surface area contributed by atoms with Gasteiger partial charge in [0, 0.05) is 12.3 Å². The van der Waals surface area contributed by atoms with E-state index in [4.69, 9.17) is 0 Å². The highest BCUT2D eigenvalue weighted by Crippen LogP contribution is 2.47. The van der Waals surface area contributed by atoms with Crippen molar-refractivity contribution in [3.05, 3.63) is 71.3 Å². The molecule has 0 unspecified atom stereocenters. The Morgan fingerprint density at radius 2 is 2.07 bits per heavy atom. The molecule has 1 aromatic carbocycles. The Hall–Kier alpha value is -1.68. The van der Waals surface area contributed by atoms with Gasteiger partial charge in [0.1, 0.15) is 0 Å². The lowest BCUT2D eigenvalue weighted by Crippen LogP contribution is -2.18. The van der Waals surface area contributed by atoms with Crippen LogP contribution in [0.3, 0.4) is 0 Å². The molecule has 0 aliphatic heterocycles. The van der Waals surface area contributed by atoms with Gasteiger partial charge in [-0.15, -0.1) is 0 Å². The summed E-state index contributed by atoms with van der Waals surface area (Å²) in [6.07, 6.45) is 16.3. The van der Waals surface area contributed by atoms with E-state index in [9.17, 15) is 10.2 Å². The summed E-state index contributed by atoms with van der Waals surface area (Å²) in [5.74, 6) is 1.08. The van der Waals surface area contributed by atoms with E-state index in [2.05, 4.69) is 68.4 Å². The number of unbranched alkanes of at least 4 members (excludes halogenated alkanes) is 2. The highest BCUT2D eigenvalue weighted by atomic mass is 16.3. The van der Waals surface area contributed by atoms with Crippen LogP contribution in [-0.4, -0.2) is 48.0 Å². The van der Waals surface area contributed by atoms with Gasteiger partial charge in [-0.2, -0.15) is 0 Å². The van der Waals surface area contributed by atoms with Gasteiger partial charge in [-0.3, -0.25) is 0 Å². The first-order valence-corrected chi connectivity index (χ1v) is 11.5. The number of aliphatic hydroxyl groups is 2. The minimum Gasteiger partial charge on any atom is -0.392 e. The molecule has 0 spiro atoms. The zero-order valence-electron chi connectivity index (χ0n) is 18.9. The number of aryl methyl sites for hydroxylation is 1. The van der Waals surface area contributed by atoms with E-state index in [0.717, 1.165) is 31.4 Å². The van der Waals surface area contributed by atoms with E-state index in [0.29, 0.717) is 18.3 Å². The third-order valence-electron chi connectivity index (χ3n) is 6.54. The van der Waals surface area contributed by atoms with Gasteiger partial charge >= 0.3 is 0 Å². The zero-order chi connectivity index (χ0) is 21.5. The molecule has 3 nitrogen and oxygen atoms in total. The first-order chi connectivity index (χ1) is 14.4. The van der Waals surface area contributed by atoms with Gasteiger partial charge in [0.15, 0.2) is 0 Å². The van der Waals surface area contributed by atoms with Crippen molar-refractivity contribution in [1.29, 1.82) is 0 Å². The molecule has 0 aromatic heterocycles. The predicted octanol–water partition coefficient (Wildman–Crippen LogP) is 4.69. The average molecular weight is 410 g/mol. The molecule has 164 valence electrons. The molecule has 0 amide bonds. The van der Waals surface area contributed by atoms with Crippen molar-refractivity contribution in [2.45, 2.75) is 57.7 Å². The lowest BCUT2D eigenvalue weighted by Gasteiger charge is -2.18. The van der Waals surface area contributed by atoms with Gasteiger partial charge in [-0.05, 0) is 77.1 Å². The molecule has 2 N–H and O–H groups in total. The number of benzene rings is 1. The minimum absolute atomic E-state index is 0.143. The number of hydrogen-bond acceptors (Lipinski definition) is 3. The molecule has 1 saturated carbocycles. The summed E-state index contributed by atoms with van der Waals surface area (Å²) in [5.41, 5.74) is 3.79. The second kappa shape index (κ2) is 11.1. The number of nitrogens with zero attached hydrogens (tertiary/aromatic N) is 1. The van der Waals surface area contributed by atoms with Crippen molar-refractivity contribution < 1.29 is 10.2 Å². The van der Waals surface area contributed by atoms with E-state index in [-0.39, 0.29) is 12.0 Å². The molecule has 0 saturated heterocycles. The number of aliphatic hydroxyl groups excluding tert-OH is 2. The molecule has 30 heavy (non-hydrogen) atoms. The Balaban J connectivity index is 1.48. The third-order valence-corrected chi connectivity index (χ3v) is 6.54. The second-order valence-corrected chi connectivity index (χ2v) is 9.50. The van der Waals surface area contributed by atoms with E-state index in [1.54, 1.807) is 0 Å². The highest BCUT2D eigenvalue weighted by molar-refractivity contribution is 5.29. The van der Waals surface area contributed by atoms with Crippen LogP contribution in [0.15, 0.2) is 60.2 Å². The van der Waals surface area contributed by atoms with Crippen molar-refractivity contribution in [2.24, 2.45) is 17.8 Å². The topological polar surface area (TPSA) is 43.7 Å². The third kappa shape index (κ3) is 6.66. The number of hydrogen-bond donors (Lipinski definition) is 2. The fraction of sp³-hybridized carbons (Fsp3) is 0.556. The predicted molar refractivity (Wildman–Crippen MR) is 125 cm³/mol. The van der Waals surface area contributed by atoms with Crippen molar-refractivity contribution >= 4 is 0 Å². The number of fused-ring (bicyclic) bond motifs is 1. The van der Waals surface area contributed by atoms with E-state index < -0.39 is 6.10 Å². The molecular formula is C27H39NO2. The van der Waals surface area contributed by atoms with Crippen molar-refractivity contribution in [1.82, 2.24) is 4.90 Å². The fourth-order valence-electron chi connectivity index (χ4n) is 5.00. The average Bonchev–Trinajstić information content (AvgIpc) is 3.19. The van der Waals surface area contributed by atoms with E-state index >= 15 is 0 Å². The maximum absolute atomic E-state index is 10.6. The smallest absolute Gasteiger partial charge is 0.0761 e. The van der Waals surface area contributed by atoms with Crippen LogP contribution in [0.4, 0.5) is 0 Å². The first-order valence-electron chi connectivity index (χ1n) is 11.5. The van der Waals surface area contributed by atoms with Crippen LogP contribution in [0.5, 0.6) is 0 Å². The van der Waals surface area contributed by atoms with Gasteiger partial charge in [-0.25, -0.2) is 0 Å². The Bertz CT molecular complexity index is 764. The van der Waals surface area contributed by atoms with Gasteiger partial charge in [0.2, 0.25) is 0 Å². The summed E-state index contributed by atoms with van der Waals surface area (Å²) in [5, 5.41) is 21.0. The van der Waals surface area contributed by atoms with Crippen molar-refractivity contribution in [3.63, 3.8) is 0 Å². The van der Waals surface area contributed by atoms with E-state index in [1.807, 2.05) is 12.1 Å². The van der Waals surface area contributed by atoms with Crippen molar-refractivity contribution in [2.75, 3.05) is 20.6 Å². The molecule has 1 aromatic rings. The van der Waals surface area contributed by atoms with Crippen LogP contribution in [0, 0.1) is 24.7 Å². The molecule has 0 radical (unpaired) electrons. The molecule has 3 rings (SSSR count). The molecule has 1 fully saturated rings. The van der Waals surface area contributed by atoms with E-state index in [1.165, 1.54) is 24.0 Å². The molecule has 2 aliphatic rings. The summed E-state index contributed by atoms with van der Waals surface area (Å²) in [7, 11) is 4.25. The maximum Gasteiger partial charge on any atom is 0.0761 e. The van der Waals surface area contributed by atoms with Gasteiger partial charge in [0.25, 0.3) is 0 Å². The number of rotatable bonds is 10. The largest absolute Gasteiger partial charge is 0.392 e. The Labute approximate surface area is 182 Å². The Kier molecular flexibility index (Phi) is 8.50. The molecule has 0 heterocycles. The lowest BCUT2D eigenvalue weighted by molar-refractivity contribution is 0.140. The molecule has 0 bridgehead atoms. The molecule has 3 heteroatoms. The van der Waals surface area contributed by atoms with Gasteiger partial charge in [-0.1, -0.05) is 65.8 Å². The SMILES string of the molecule is Cc1cccc(C[C@H](O)C=C[C@@H]2[C@H]3CC(C=CCCCCN(C)C)=C[C@H]3C[C@H]2O)c1. The van der Waals surface area contributed by atoms with Gasteiger partial charge in [0.05, 0.1) is 12.2 Å². The van der Waals surface area contributed by atoms with Crippen LogP contribution in [0.25, 0.3) is 0 Å². The summed E-state index contributed by atoms with van der Waals surface area (Å²) in [4.78, 5) is 2.24. The molecule has 2 aliphatic carbocycles. The Morgan fingerprint density at radius 3 is 2.83 bits per heavy atom. The summed E-state index contributed by atoms with van der Waals surface area (Å²) in [6, 6.07) is 8.29. The summed E-state index contributed by atoms with van der Waals surface area (Å²) < 4.78 is 0. The number of allylic oxidation sites excluding steroid dienone is 4. The quantitative estimate of drug-likeness (QED) is 0.435. The fourth-order valence-corrected chi connectivity index (χ4v) is 5.00. The highest BCUT2D eigenvalue weighted by Gasteiger charge is 2.42. The lowest BCUT2D eigenvalue weighted by atomic mass is 9.89. The zero-order valence-corrected chi connectivity index (χ0v) is 18.9. The minimum atomic E-state index is -0.506. The molecular weight excluding hydrogens is 370 g/mol. The standard InChI is InChI=1S/C27H39NO2/c1-20-9-8-11-21(15-20)17-24(29)12-13-25-26-18-22(16-23(26)19-27(25)30)10-6-4-5-7-14-28(2)3/h6,8-13,15-16,23-27,29-30H,4-5,7,14,17-19H2,1-3H3/t23-,24+,25+,26-,27+/m0/s1. The summed E-state index contributed by atoms with van der Waals surface area (Å²) >= 11 is 0. The maximum atomic E-state index is 10.6. The monoisotopic (exact) mass is 409 g/mol. The van der Waals surface area contributed by atoms with Crippen LogP contribution in [0.2, 0.25) is 0 Å². The van der Waals surface area contributed by atoms with Crippen LogP contribution in [-0.2, 0) is 6.42 Å². The normalized spacial score (nSPS) is 27.3. The van der Waals surface area contributed by atoms with Crippen molar-refractivity contribution in [3.8, 4) is 0 Å².